The third-order valence-electron chi connectivity index (χ3n) is 8.02. The van der Waals surface area contributed by atoms with Crippen LogP contribution in [-0.4, -0.2) is 48.2 Å². The lowest BCUT2D eigenvalue weighted by Gasteiger charge is -2.55. The molecular weight excluding hydrogens is 394 g/mol. The number of para-hydroxylation sites is 1. The molecule has 30 heavy (non-hydrogen) atoms. The van der Waals surface area contributed by atoms with Gasteiger partial charge in [-0.2, -0.15) is 4.99 Å². The second kappa shape index (κ2) is 7.57. The molecule has 1 aromatic carbocycles. The van der Waals surface area contributed by atoms with E-state index in [1.54, 1.807) is 11.3 Å². The fraction of sp³-hybridized carbons (Fsp3) is 0.667. The highest BCUT2D eigenvalue weighted by atomic mass is 32.1. The van der Waals surface area contributed by atoms with Gasteiger partial charge in [-0.1, -0.05) is 23.5 Å². The molecule has 4 aliphatic carbocycles. The number of nitrogens with zero attached hydrogens (tertiary/aromatic N) is 3. The van der Waals surface area contributed by atoms with E-state index in [4.69, 9.17) is 9.73 Å². The molecule has 5 aliphatic rings. The van der Waals surface area contributed by atoms with Gasteiger partial charge in [0.15, 0.2) is 4.80 Å². The molecule has 1 aromatic heterocycles. The maximum Gasteiger partial charge on any atom is 0.254 e. The van der Waals surface area contributed by atoms with Crippen molar-refractivity contribution in [1.82, 2.24) is 9.47 Å². The summed E-state index contributed by atoms with van der Waals surface area (Å²) in [6.45, 7) is 5.45. The highest BCUT2D eigenvalue weighted by Gasteiger charge is 2.54. The van der Waals surface area contributed by atoms with E-state index < -0.39 is 0 Å². The molecule has 0 unspecified atom stereocenters. The fourth-order valence-corrected chi connectivity index (χ4v) is 8.02. The van der Waals surface area contributed by atoms with Crippen LogP contribution in [-0.2, 0) is 16.1 Å². The number of ether oxygens (including phenoxy) is 1. The first-order valence-electron chi connectivity index (χ1n) is 11.7. The lowest BCUT2D eigenvalue weighted by Crippen LogP contribution is -2.50. The Hall–Kier alpha value is -1.50. The number of hydrogen-bond acceptors (Lipinski definition) is 4. The van der Waals surface area contributed by atoms with Crippen molar-refractivity contribution in [1.29, 1.82) is 0 Å². The molecule has 2 heterocycles. The van der Waals surface area contributed by atoms with Crippen LogP contribution in [0.5, 0.6) is 0 Å². The van der Waals surface area contributed by atoms with E-state index in [1.807, 2.05) is 0 Å². The first kappa shape index (κ1) is 19.2. The summed E-state index contributed by atoms with van der Waals surface area (Å²) in [5.41, 5.74) is 1.04. The van der Waals surface area contributed by atoms with Crippen LogP contribution in [0.4, 0.5) is 0 Å². The molecule has 4 saturated carbocycles. The van der Waals surface area contributed by atoms with Gasteiger partial charge in [0.1, 0.15) is 0 Å². The molecule has 1 saturated heterocycles. The minimum absolute atomic E-state index is 0.160. The van der Waals surface area contributed by atoms with E-state index >= 15 is 0 Å². The summed E-state index contributed by atoms with van der Waals surface area (Å²) in [6, 6.07) is 8.49. The van der Waals surface area contributed by atoms with Crippen LogP contribution in [0.2, 0.25) is 0 Å². The number of fused-ring (bicyclic) bond motifs is 1. The zero-order valence-electron chi connectivity index (χ0n) is 17.6. The van der Waals surface area contributed by atoms with E-state index in [1.165, 1.54) is 29.5 Å². The molecule has 2 aromatic rings. The number of carbonyl (C=O) groups is 1. The monoisotopic (exact) mass is 425 g/mol. The largest absolute Gasteiger partial charge is 0.379 e. The molecule has 1 amide bonds. The highest BCUT2D eigenvalue weighted by Crippen LogP contribution is 2.60. The van der Waals surface area contributed by atoms with Crippen molar-refractivity contribution in [2.45, 2.75) is 45.1 Å². The van der Waals surface area contributed by atoms with Gasteiger partial charge in [-0.05, 0) is 68.4 Å². The van der Waals surface area contributed by atoms with Gasteiger partial charge in [0.05, 0.1) is 28.8 Å². The first-order valence-corrected chi connectivity index (χ1v) is 12.5. The maximum absolute atomic E-state index is 13.6. The van der Waals surface area contributed by atoms with Crippen LogP contribution in [0, 0.1) is 23.2 Å². The predicted octanol–water partition coefficient (Wildman–Crippen LogP) is 3.68. The van der Waals surface area contributed by atoms with Crippen molar-refractivity contribution in [3.8, 4) is 0 Å². The Labute approximate surface area is 181 Å². The van der Waals surface area contributed by atoms with Crippen molar-refractivity contribution in [3.05, 3.63) is 29.1 Å². The van der Waals surface area contributed by atoms with Gasteiger partial charge < -0.3 is 9.30 Å². The number of amides is 1. The third kappa shape index (κ3) is 3.37. The Morgan fingerprint density at radius 1 is 1.03 bits per heavy atom. The number of thiazole rings is 1. The van der Waals surface area contributed by atoms with Gasteiger partial charge in [-0.3, -0.25) is 9.69 Å². The normalized spacial score (nSPS) is 34.1. The van der Waals surface area contributed by atoms with Crippen LogP contribution in [0.15, 0.2) is 29.3 Å². The topological polar surface area (TPSA) is 46.8 Å². The summed E-state index contributed by atoms with van der Waals surface area (Å²) in [4.78, 5) is 21.8. The number of morpholine rings is 1. The van der Waals surface area contributed by atoms with Crippen LogP contribution >= 0.6 is 11.3 Å². The van der Waals surface area contributed by atoms with Crippen LogP contribution < -0.4 is 4.80 Å². The molecule has 6 heteroatoms. The summed E-state index contributed by atoms with van der Waals surface area (Å²) in [6.07, 6.45) is 7.32. The number of aromatic nitrogens is 1. The second-order valence-electron chi connectivity index (χ2n) is 10.1. The summed E-state index contributed by atoms with van der Waals surface area (Å²) in [5.74, 6) is 2.48. The van der Waals surface area contributed by atoms with Crippen LogP contribution in [0.25, 0.3) is 10.2 Å². The number of rotatable bonds is 4. The molecular formula is C24H31N3O2S. The molecule has 160 valence electrons. The summed E-state index contributed by atoms with van der Waals surface area (Å²) in [7, 11) is 0. The number of benzene rings is 1. The maximum atomic E-state index is 13.6. The summed E-state index contributed by atoms with van der Waals surface area (Å²) >= 11 is 1.68. The molecule has 4 bridgehead atoms. The van der Waals surface area contributed by atoms with E-state index in [2.05, 4.69) is 33.7 Å². The van der Waals surface area contributed by atoms with E-state index in [-0.39, 0.29) is 11.3 Å². The van der Waals surface area contributed by atoms with Gasteiger partial charge in [0.25, 0.3) is 5.91 Å². The molecule has 0 spiro atoms. The average molecular weight is 426 g/mol. The minimum atomic E-state index is -0.160. The van der Waals surface area contributed by atoms with Crippen molar-refractivity contribution in [3.63, 3.8) is 0 Å². The fourth-order valence-electron chi connectivity index (χ4n) is 6.97. The molecule has 5 nitrogen and oxygen atoms in total. The van der Waals surface area contributed by atoms with Crippen molar-refractivity contribution in [2.24, 2.45) is 28.2 Å². The van der Waals surface area contributed by atoms with Crippen LogP contribution in [0.3, 0.4) is 0 Å². The van der Waals surface area contributed by atoms with E-state index in [9.17, 15) is 4.79 Å². The number of hydrogen-bond donors (Lipinski definition) is 0. The second-order valence-corrected chi connectivity index (χ2v) is 11.1. The molecule has 5 fully saturated rings. The Morgan fingerprint density at radius 3 is 2.40 bits per heavy atom. The first-order chi connectivity index (χ1) is 14.7. The Bertz CT molecular complexity index is 982. The zero-order chi connectivity index (χ0) is 20.1. The Morgan fingerprint density at radius 2 is 1.70 bits per heavy atom. The third-order valence-corrected chi connectivity index (χ3v) is 9.08. The molecule has 1 aliphatic heterocycles. The lowest BCUT2D eigenvalue weighted by atomic mass is 9.49. The van der Waals surface area contributed by atoms with Gasteiger partial charge in [-0.25, -0.2) is 0 Å². The lowest BCUT2D eigenvalue weighted by molar-refractivity contribution is -0.142. The molecule has 0 N–H and O–H groups in total. The molecule has 0 atom stereocenters. The van der Waals surface area contributed by atoms with Crippen molar-refractivity contribution < 1.29 is 9.53 Å². The van der Waals surface area contributed by atoms with E-state index in [0.29, 0.717) is 0 Å². The molecule has 0 radical (unpaired) electrons. The Kier molecular flexibility index (Phi) is 4.85. The van der Waals surface area contributed by atoms with Gasteiger partial charge >= 0.3 is 0 Å². The quantitative estimate of drug-likeness (QED) is 0.751. The average Bonchev–Trinajstić information content (AvgIpc) is 3.09. The van der Waals surface area contributed by atoms with Crippen molar-refractivity contribution >= 4 is 27.5 Å². The van der Waals surface area contributed by atoms with Crippen LogP contribution in [0.1, 0.15) is 38.5 Å². The number of carbonyl (C=O) groups excluding carboxylic acids is 1. The van der Waals surface area contributed by atoms with Gasteiger partial charge in [0, 0.05) is 26.2 Å². The standard InChI is InChI=1S/C24H31N3O2S/c28-22(24-14-17-11-18(15-24)13-19(12-17)16-24)25-23-27(6-5-26-7-9-29-10-8-26)20-3-1-2-4-21(20)30-23/h1-4,17-19H,5-16H2/b25-23-. The molecule has 7 rings (SSSR count). The summed E-state index contributed by atoms with van der Waals surface area (Å²) < 4.78 is 9.00. The smallest absolute Gasteiger partial charge is 0.254 e. The SMILES string of the molecule is O=C(/N=c1\sc2ccccc2n1CCN1CCOCC1)C12CC3CC(CC(C3)C1)C2. The van der Waals surface area contributed by atoms with Crippen molar-refractivity contribution in [2.75, 3.05) is 32.8 Å². The minimum Gasteiger partial charge on any atom is -0.379 e. The predicted molar refractivity (Wildman–Crippen MR) is 118 cm³/mol. The zero-order valence-corrected chi connectivity index (χ0v) is 18.4. The summed E-state index contributed by atoms with van der Waals surface area (Å²) in [5, 5.41) is 0. The highest BCUT2D eigenvalue weighted by molar-refractivity contribution is 7.16. The Balaban J connectivity index is 1.33. The van der Waals surface area contributed by atoms with E-state index in [0.717, 1.165) is 81.2 Å². The van der Waals surface area contributed by atoms with Gasteiger partial charge in [0.2, 0.25) is 0 Å². The van der Waals surface area contributed by atoms with Gasteiger partial charge in [-0.15, -0.1) is 0 Å².